The largest absolute Gasteiger partial charge is 0.352 e. The maximum atomic E-state index is 4.52. The van der Waals surface area contributed by atoms with Gasteiger partial charge in [-0.1, -0.05) is 0 Å². The molecule has 5 nitrogen and oxygen atoms in total. The van der Waals surface area contributed by atoms with Crippen LogP contribution in [0.25, 0.3) is 5.52 Å². The Morgan fingerprint density at radius 1 is 1.47 bits per heavy atom. The number of hydrogen-bond acceptors (Lipinski definition) is 4. The van der Waals surface area contributed by atoms with Crippen LogP contribution in [0.15, 0.2) is 18.5 Å². The van der Waals surface area contributed by atoms with E-state index in [0.29, 0.717) is 6.04 Å². The standard InChI is InChI=1S/C12H17N5/c1-9-7-11-12(14-4-6-17(11)15-9)16-5-3-13-10(2)8-16/h4,6-7,10,13H,3,5,8H2,1-2H3/t10-/m0/s1. The quantitative estimate of drug-likeness (QED) is 0.790. The molecule has 90 valence electrons. The predicted octanol–water partition coefficient (Wildman–Crippen LogP) is 0.836. The van der Waals surface area contributed by atoms with E-state index < -0.39 is 0 Å². The molecule has 0 bridgehead atoms. The van der Waals surface area contributed by atoms with Crippen LogP contribution in [-0.4, -0.2) is 40.3 Å². The number of hydrogen-bond donors (Lipinski definition) is 1. The van der Waals surface area contributed by atoms with Crippen molar-refractivity contribution in [1.29, 1.82) is 0 Å². The lowest BCUT2D eigenvalue weighted by Gasteiger charge is -2.32. The number of aryl methyl sites for hydroxylation is 1. The number of piperazine rings is 1. The van der Waals surface area contributed by atoms with E-state index in [1.165, 1.54) is 0 Å². The van der Waals surface area contributed by atoms with E-state index in [1.54, 1.807) is 0 Å². The molecule has 0 saturated carbocycles. The molecule has 0 amide bonds. The highest BCUT2D eigenvalue weighted by molar-refractivity contribution is 5.69. The van der Waals surface area contributed by atoms with Crippen molar-refractivity contribution >= 4 is 11.3 Å². The summed E-state index contributed by atoms with van der Waals surface area (Å²) in [5.74, 6) is 1.04. The fourth-order valence-electron chi connectivity index (χ4n) is 2.40. The Kier molecular flexibility index (Phi) is 2.48. The molecule has 2 aromatic rings. The molecule has 0 spiro atoms. The predicted molar refractivity (Wildman–Crippen MR) is 67.4 cm³/mol. The van der Waals surface area contributed by atoms with Crippen LogP contribution in [-0.2, 0) is 0 Å². The number of fused-ring (bicyclic) bond motifs is 1. The van der Waals surface area contributed by atoms with Crippen molar-refractivity contribution in [2.45, 2.75) is 19.9 Å². The number of anilines is 1. The first-order chi connectivity index (χ1) is 8.24. The third-order valence-electron chi connectivity index (χ3n) is 3.16. The number of nitrogens with one attached hydrogen (secondary N) is 1. The minimum Gasteiger partial charge on any atom is -0.352 e. The Morgan fingerprint density at radius 3 is 3.18 bits per heavy atom. The van der Waals surface area contributed by atoms with Gasteiger partial charge in [-0.05, 0) is 19.9 Å². The van der Waals surface area contributed by atoms with Crippen LogP contribution in [0, 0.1) is 6.92 Å². The van der Waals surface area contributed by atoms with E-state index in [0.717, 1.165) is 36.7 Å². The van der Waals surface area contributed by atoms with Crippen LogP contribution in [0.5, 0.6) is 0 Å². The van der Waals surface area contributed by atoms with Crippen molar-refractivity contribution in [3.63, 3.8) is 0 Å². The molecule has 0 aromatic carbocycles. The first kappa shape index (κ1) is 10.5. The average Bonchev–Trinajstić information content (AvgIpc) is 2.68. The van der Waals surface area contributed by atoms with Crippen LogP contribution in [0.4, 0.5) is 5.82 Å². The highest BCUT2D eigenvalue weighted by Gasteiger charge is 2.19. The molecule has 1 aliphatic heterocycles. The molecule has 1 fully saturated rings. The SMILES string of the molecule is Cc1cc2c(N3CCN[C@@H](C)C3)nccn2n1. The second-order valence-electron chi connectivity index (χ2n) is 4.67. The summed E-state index contributed by atoms with van der Waals surface area (Å²) in [6.45, 7) is 7.22. The molecule has 1 saturated heterocycles. The van der Waals surface area contributed by atoms with E-state index in [-0.39, 0.29) is 0 Å². The van der Waals surface area contributed by atoms with Gasteiger partial charge in [0.15, 0.2) is 5.82 Å². The maximum absolute atomic E-state index is 4.52. The molecule has 17 heavy (non-hydrogen) atoms. The van der Waals surface area contributed by atoms with Gasteiger partial charge in [0.05, 0.1) is 5.69 Å². The second kappa shape index (κ2) is 4.00. The summed E-state index contributed by atoms with van der Waals surface area (Å²) < 4.78 is 1.91. The lowest BCUT2D eigenvalue weighted by molar-refractivity contribution is 0.482. The van der Waals surface area contributed by atoms with Gasteiger partial charge in [-0.25, -0.2) is 9.50 Å². The maximum Gasteiger partial charge on any atom is 0.154 e. The normalized spacial score (nSPS) is 21.1. The molecular weight excluding hydrogens is 214 g/mol. The van der Waals surface area contributed by atoms with Gasteiger partial charge in [-0.2, -0.15) is 5.10 Å². The molecule has 1 N–H and O–H groups in total. The third-order valence-corrected chi connectivity index (χ3v) is 3.16. The van der Waals surface area contributed by atoms with Crippen LogP contribution < -0.4 is 10.2 Å². The van der Waals surface area contributed by atoms with Crippen molar-refractivity contribution in [2.75, 3.05) is 24.5 Å². The summed E-state index contributed by atoms with van der Waals surface area (Å²) in [6.07, 6.45) is 3.72. The summed E-state index contributed by atoms with van der Waals surface area (Å²) in [4.78, 5) is 6.85. The first-order valence-electron chi connectivity index (χ1n) is 6.03. The van der Waals surface area contributed by atoms with Crippen LogP contribution >= 0.6 is 0 Å². The van der Waals surface area contributed by atoms with Crippen molar-refractivity contribution in [1.82, 2.24) is 19.9 Å². The van der Waals surface area contributed by atoms with E-state index in [1.807, 2.05) is 23.8 Å². The van der Waals surface area contributed by atoms with Gasteiger partial charge in [0.25, 0.3) is 0 Å². The van der Waals surface area contributed by atoms with Crippen molar-refractivity contribution in [2.24, 2.45) is 0 Å². The summed E-state index contributed by atoms with van der Waals surface area (Å²) >= 11 is 0. The van der Waals surface area contributed by atoms with Crippen molar-refractivity contribution in [3.8, 4) is 0 Å². The Balaban J connectivity index is 2.04. The fraction of sp³-hybridized carbons (Fsp3) is 0.500. The first-order valence-corrected chi connectivity index (χ1v) is 6.03. The molecule has 0 aliphatic carbocycles. The number of aromatic nitrogens is 3. The Bertz CT molecular complexity index is 533. The number of nitrogens with zero attached hydrogens (tertiary/aromatic N) is 4. The number of rotatable bonds is 1. The Labute approximate surface area is 100 Å². The Hall–Kier alpha value is -1.62. The topological polar surface area (TPSA) is 45.5 Å². The molecule has 2 aromatic heterocycles. The molecule has 5 heteroatoms. The molecule has 0 radical (unpaired) electrons. The highest BCUT2D eigenvalue weighted by Crippen LogP contribution is 2.20. The highest BCUT2D eigenvalue weighted by atomic mass is 15.3. The lowest BCUT2D eigenvalue weighted by atomic mass is 10.2. The van der Waals surface area contributed by atoms with Gasteiger partial charge in [0.2, 0.25) is 0 Å². The molecule has 1 atom stereocenters. The van der Waals surface area contributed by atoms with E-state index in [4.69, 9.17) is 0 Å². The minimum atomic E-state index is 0.509. The summed E-state index contributed by atoms with van der Waals surface area (Å²) in [5.41, 5.74) is 2.13. The van der Waals surface area contributed by atoms with E-state index >= 15 is 0 Å². The van der Waals surface area contributed by atoms with Gasteiger partial charge < -0.3 is 10.2 Å². The molecular formula is C12H17N5. The zero-order valence-corrected chi connectivity index (χ0v) is 10.2. The van der Waals surface area contributed by atoms with Crippen LogP contribution in [0.2, 0.25) is 0 Å². The third kappa shape index (κ3) is 1.86. The molecule has 0 unspecified atom stereocenters. The van der Waals surface area contributed by atoms with Gasteiger partial charge in [0, 0.05) is 38.1 Å². The molecule has 3 rings (SSSR count). The van der Waals surface area contributed by atoms with Crippen molar-refractivity contribution < 1.29 is 0 Å². The van der Waals surface area contributed by atoms with Gasteiger partial charge >= 0.3 is 0 Å². The second-order valence-corrected chi connectivity index (χ2v) is 4.67. The smallest absolute Gasteiger partial charge is 0.154 e. The fourth-order valence-corrected chi connectivity index (χ4v) is 2.40. The van der Waals surface area contributed by atoms with Crippen LogP contribution in [0.1, 0.15) is 12.6 Å². The molecule has 1 aliphatic rings. The minimum absolute atomic E-state index is 0.509. The summed E-state index contributed by atoms with van der Waals surface area (Å²) in [5, 5.41) is 7.87. The summed E-state index contributed by atoms with van der Waals surface area (Å²) in [7, 11) is 0. The van der Waals surface area contributed by atoms with E-state index in [9.17, 15) is 0 Å². The monoisotopic (exact) mass is 231 g/mol. The molecule has 3 heterocycles. The van der Waals surface area contributed by atoms with Gasteiger partial charge in [-0.3, -0.25) is 0 Å². The Morgan fingerprint density at radius 2 is 2.35 bits per heavy atom. The van der Waals surface area contributed by atoms with Crippen molar-refractivity contribution in [3.05, 3.63) is 24.2 Å². The summed E-state index contributed by atoms with van der Waals surface area (Å²) in [6, 6.07) is 2.60. The van der Waals surface area contributed by atoms with Gasteiger partial charge in [-0.15, -0.1) is 0 Å². The average molecular weight is 231 g/mol. The zero-order chi connectivity index (χ0) is 11.8. The van der Waals surface area contributed by atoms with Crippen LogP contribution in [0.3, 0.4) is 0 Å². The zero-order valence-electron chi connectivity index (χ0n) is 10.2. The lowest BCUT2D eigenvalue weighted by Crippen LogP contribution is -2.49. The van der Waals surface area contributed by atoms with Gasteiger partial charge in [0.1, 0.15) is 5.52 Å². The van der Waals surface area contributed by atoms with E-state index in [2.05, 4.69) is 33.3 Å².